The van der Waals surface area contributed by atoms with E-state index >= 15 is 0 Å². The van der Waals surface area contributed by atoms with Crippen LogP contribution in [0.5, 0.6) is 0 Å². The minimum atomic E-state index is -3.35. The Morgan fingerprint density at radius 3 is 2.53 bits per heavy atom. The van der Waals surface area contributed by atoms with Crippen molar-refractivity contribution in [2.75, 3.05) is 26.2 Å². The van der Waals surface area contributed by atoms with Crippen LogP contribution in [0.2, 0.25) is 0 Å². The number of rotatable bonds is 5. The molecular weight excluding hydrogens is 236 g/mol. The van der Waals surface area contributed by atoms with Gasteiger partial charge in [-0.05, 0) is 44.1 Å². The molecule has 1 radical (unpaired) electrons. The molecule has 1 saturated heterocycles. The van der Waals surface area contributed by atoms with Crippen molar-refractivity contribution in [2.45, 2.75) is 17.7 Å². The standard InChI is InChI=1S/C12H17N2O2S/c15-17(16,12-6-2-1-3-7-12)13-8-11-14-9-4-5-10-14/h2-3,6-7,13H,4-5,8-11H2. The second-order valence-corrected chi connectivity index (χ2v) is 5.95. The van der Waals surface area contributed by atoms with Crippen LogP contribution in [0.3, 0.4) is 0 Å². The number of hydrogen-bond acceptors (Lipinski definition) is 3. The number of hydrogen-bond donors (Lipinski definition) is 1. The maximum absolute atomic E-state index is 11.9. The highest BCUT2D eigenvalue weighted by molar-refractivity contribution is 7.89. The summed E-state index contributed by atoms with van der Waals surface area (Å²) in [4.78, 5) is 2.58. The van der Waals surface area contributed by atoms with Crippen LogP contribution < -0.4 is 4.72 Å². The van der Waals surface area contributed by atoms with E-state index in [1.807, 2.05) is 0 Å². The highest BCUT2D eigenvalue weighted by Crippen LogP contribution is 2.08. The van der Waals surface area contributed by atoms with Gasteiger partial charge in [0, 0.05) is 13.1 Å². The van der Waals surface area contributed by atoms with E-state index in [2.05, 4.69) is 15.7 Å². The summed E-state index contributed by atoms with van der Waals surface area (Å²) in [6.45, 7) is 3.43. The van der Waals surface area contributed by atoms with Crippen LogP contribution in [0.15, 0.2) is 29.2 Å². The molecule has 93 valence electrons. The van der Waals surface area contributed by atoms with E-state index in [1.165, 1.54) is 12.8 Å². The van der Waals surface area contributed by atoms with Crippen LogP contribution in [-0.2, 0) is 10.0 Å². The summed E-state index contributed by atoms with van der Waals surface area (Å²) < 4.78 is 26.3. The molecule has 0 saturated carbocycles. The van der Waals surface area contributed by atoms with Gasteiger partial charge in [0.2, 0.25) is 10.0 Å². The molecule has 17 heavy (non-hydrogen) atoms. The smallest absolute Gasteiger partial charge is 0.240 e. The molecule has 5 heteroatoms. The van der Waals surface area contributed by atoms with Crippen LogP contribution in [0.25, 0.3) is 0 Å². The predicted molar refractivity (Wildman–Crippen MR) is 66.1 cm³/mol. The largest absolute Gasteiger partial charge is 0.302 e. The van der Waals surface area contributed by atoms with E-state index in [0.717, 1.165) is 19.6 Å². The lowest BCUT2D eigenvalue weighted by molar-refractivity contribution is 0.344. The van der Waals surface area contributed by atoms with E-state index in [0.29, 0.717) is 11.4 Å². The first-order chi connectivity index (χ1) is 8.18. The van der Waals surface area contributed by atoms with Crippen molar-refractivity contribution in [3.63, 3.8) is 0 Å². The van der Waals surface area contributed by atoms with Crippen LogP contribution in [0.1, 0.15) is 12.8 Å². The number of nitrogens with one attached hydrogen (secondary N) is 1. The third kappa shape index (κ3) is 3.52. The minimum Gasteiger partial charge on any atom is -0.302 e. The first-order valence-electron chi connectivity index (χ1n) is 5.87. The van der Waals surface area contributed by atoms with Gasteiger partial charge in [-0.25, -0.2) is 13.1 Å². The molecule has 1 aliphatic rings. The Bertz CT molecular complexity index is 439. The molecule has 0 unspecified atom stereocenters. The quantitative estimate of drug-likeness (QED) is 0.847. The molecule has 0 aromatic heterocycles. The highest BCUT2D eigenvalue weighted by atomic mass is 32.2. The van der Waals surface area contributed by atoms with E-state index in [-0.39, 0.29) is 0 Å². The lowest BCUT2D eigenvalue weighted by Crippen LogP contribution is -2.33. The zero-order chi connectivity index (χ0) is 12.1. The SMILES string of the molecule is O=S(=O)(NCCN1CCCC1)c1cc[c]cc1. The number of benzene rings is 1. The summed E-state index contributed by atoms with van der Waals surface area (Å²) >= 11 is 0. The molecular formula is C12H17N2O2S. The first-order valence-corrected chi connectivity index (χ1v) is 7.35. The Morgan fingerprint density at radius 2 is 1.88 bits per heavy atom. The Labute approximate surface area is 103 Å². The Balaban J connectivity index is 1.85. The molecule has 0 bridgehead atoms. The average molecular weight is 253 g/mol. The first kappa shape index (κ1) is 12.5. The van der Waals surface area contributed by atoms with Crippen molar-refractivity contribution in [1.82, 2.24) is 9.62 Å². The molecule has 0 spiro atoms. The van der Waals surface area contributed by atoms with Gasteiger partial charge >= 0.3 is 0 Å². The predicted octanol–water partition coefficient (Wildman–Crippen LogP) is 0.861. The van der Waals surface area contributed by atoms with Crippen molar-refractivity contribution in [1.29, 1.82) is 0 Å². The molecule has 1 N–H and O–H groups in total. The van der Waals surface area contributed by atoms with Crippen LogP contribution >= 0.6 is 0 Å². The third-order valence-corrected chi connectivity index (χ3v) is 4.39. The number of sulfonamides is 1. The Kier molecular flexibility index (Phi) is 4.15. The second kappa shape index (κ2) is 5.62. The summed E-state index contributed by atoms with van der Waals surface area (Å²) in [5.41, 5.74) is 0. The second-order valence-electron chi connectivity index (χ2n) is 4.18. The van der Waals surface area contributed by atoms with Gasteiger partial charge in [-0.15, -0.1) is 0 Å². The highest BCUT2D eigenvalue weighted by Gasteiger charge is 2.15. The van der Waals surface area contributed by atoms with E-state index in [1.54, 1.807) is 24.3 Å². The van der Waals surface area contributed by atoms with E-state index in [4.69, 9.17) is 0 Å². The summed E-state index contributed by atoms with van der Waals surface area (Å²) in [6.07, 6.45) is 2.45. The Hall–Kier alpha value is -0.910. The van der Waals surface area contributed by atoms with Crippen LogP contribution in [0, 0.1) is 6.07 Å². The summed E-state index contributed by atoms with van der Waals surface area (Å²) in [5, 5.41) is 0. The molecule has 4 nitrogen and oxygen atoms in total. The van der Waals surface area contributed by atoms with Gasteiger partial charge in [0.15, 0.2) is 0 Å². The number of likely N-dealkylation sites (tertiary alicyclic amines) is 1. The van der Waals surface area contributed by atoms with Crippen molar-refractivity contribution in [2.24, 2.45) is 0 Å². The van der Waals surface area contributed by atoms with E-state index < -0.39 is 10.0 Å². The molecule has 1 aliphatic heterocycles. The molecule has 0 atom stereocenters. The monoisotopic (exact) mass is 253 g/mol. The zero-order valence-corrected chi connectivity index (χ0v) is 10.5. The third-order valence-electron chi connectivity index (χ3n) is 2.92. The minimum absolute atomic E-state index is 0.303. The maximum atomic E-state index is 11.9. The molecule has 2 rings (SSSR count). The van der Waals surface area contributed by atoms with E-state index in [9.17, 15) is 8.42 Å². The molecule has 1 fully saturated rings. The average Bonchev–Trinajstić information content (AvgIpc) is 2.83. The van der Waals surface area contributed by atoms with Crippen molar-refractivity contribution < 1.29 is 8.42 Å². The normalized spacial score (nSPS) is 17.4. The molecule has 1 heterocycles. The fraction of sp³-hybridized carbons (Fsp3) is 0.500. The van der Waals surface area contributed by atoms with Gasteiger partial charge in [0.1, 0.15) is 0 Å². The maximum Gasteiger partial charge on any atom is 0.240 e. The van der Waals surface area contributed by atoms with Crippen LogP contribution in [0.4, 0.5) is 0 Å². The van der Waals surface area contributed by atoms with Gasteiger partial charge < -0.3 is 4.90 Å². The summed E-state index contributed by atoms with van der Waals surface area (Å²) in [7, 11) is -3.35. The lowest BCUT2D eigenvalue weighted by atomic mass is 10.4. The topological polar surface area (TPSA) is 49.4 Å². The van der Waals surface area contributed by atoms with Gasteiger partial charge in [-0.3, -0.25) is 0 Å². The van der Waals surface area contributed by atoms with Crippen molar-refractivity contribution in [3.8, 4) is 0 Å². The lowest BCUT2D eigenvalue weighted by Gasteiger charge is -2.14. The fourth-order valence-electron chi connectivity index (χ4n) is 1.98. The molecule has 1 aromatic rings. The Morgan fingerprint density at radius 1 is 1.24 bits per heavy atom. The van der Waals surface area contributed by atoms with Gasteiger partial charge in [0.05, 0.1) is 4.90 Å². The molecule has 1 aromatic carbocycles. The van der Waals surface area contributed by atoms with Gasteiger partial charge in [-0.2, -0.15) is 0 Å². The van der Waals surface area contributed by atoms with Gasteiger partial charge in [0.25, 0.3) is 0 Å². The van der Waals surface area contributed by atoms with Crippen LogP contribution in [-0.4, -0.2) is 39.5 Å². The van der Waals surface area contributed by atoms with Gasteiger partial charge in [-0.1, -0.05) is 12.1 Å². The summed E-state index contributed by atoms with van der Waals surface area (Å²) in [6, 6.07) is 9.13. The number of nitrogens with zero attached hydrogens (tertiary/aromatic N) is 1. The zero-order valence-electron chi connectivity index (χ0n) is 9.72. The molecule has 0 amide bonds. The fourth-order valence-corrected chi connectivity index (χ4v) is 3.00. The van der Waals surface area contributed by atoms with Crippen molar-refractivity contribution >= 4 is 10.0 Å². The molecule has 0 aliphatic carbocycles. The summed E-state index contributed by atoms with van der Waals surface area (Å²) in [5.74, 6) is 0. The van der Waals surface area contributed by atoms with Crippen molar-refractivity contribution in [3.05, 3.63) is 30.3 Å².